The van der Waals surface area contributed by atoms with Crippen LogP contribution in [0.1, 0.15) is 18.9 Å². The summed E-state index contributed by atoms with van der Waals surface area (Å²) in [6.45, 7) is 6.37. The predicted octanol–water partition coefficient (Wildman–Crippen LogP) is 3.94. The fourth-order valence-electron chi connectivity index (χ4n) is 3.37. The van der Waals surface area contributed by atoms with Gasteiger partial charge in [0.2, 0.25) is 0 Å². The van der Waals surface area contributed by atoms with Crippen LogP contribution in [-0.4, -0.2) is 28.6 Å². The number of allylic oxidation sites excluding steroid dienone is 2. The predicted molar refractivity (Wildman–Crippen MR) is 116 cm³/mol. The third kappa shape index (κ3) is 3.43. The standard InChI is InChI=1S/C22H23N2OSSe/c1-4-23-17-9-6-7-10-19(17)26-21(23)11-8-12-22-24(5-2)18-15-16(25-3)13-14-20(18)27-22/h6-15H,4-5H2,1-3H3/q+1. The molecule has 0 fully saturated rings. The molecule has 0 N–H and O–H groups in total. The summed E-state index contributed by atoms with van der Waals surface area (Å²) in [4.78, 5) is 2.40. The number of fused-ring (bicyclic) bond motifs is 2. The molecule has 27 heavy (non-hydrogen) atoms. The summed E-state index contributed by atoms with van der Waals surface area (Å²) in [6.07, 6.45) is 6.73. The van der Waals surface area contributed by atoms with E-state index in [0.29, 0.717) is 15.0 Å². The van der Waals surface area contributed by atoms with Crippen LogP contribution in [0.15, 0.2) is 59.2 Å². The van der Waals surface area contributed by atoms with E-state index < -0.39 is 0 Å². The minimum absolute atomic E-state index is 0.336. The number of nitrogens with zero attached hydrogens (tertiary/aromatic N) is 2. The van der Waals surface area contributed by atoms with E-state index in [1.54, 1.807) is 7.11 Å². The molecule has 2 aromatic carbocycles. The van der Waals surface area contributed by atoms with Crippen molar-refractivity contribution in [3.63, 3.8) is 0 Å². The molecule has 0 unspecified atom stereocenters. The Balaban J connectivity index is 1.63. The van der Waals surface area contributed by atoms with Gasteiger partial charge in [-0.3, -0.25) is 0 Å². The minimum atomic E-state index is 0.336. The van der Waals surface area contributed by atoms with Crippen molar-refractivity contribution < 1.29 is 9.30 Å². The topological polar surface area (TPSA) is 16.4 Å². The van der Waals surface area contributed by atoms with E-state index in [2.05, 4.69) is 84.0 Å². The molecule has 0 saturated heterocycles. The molecule has 0 radical (unpaired) electrons. The van der Waals surface area contributed by atoms with Gasteiger partial charge in [-0.05, 0) is 0 Å². The number of hydrogen-bond donors (Lipinski definition) is 0. The zero-order valence-electron chi connectivity index (χ0n) is 15.8. The van der Waals surface area contributed by atoms with Crippen LogP contribution in [0.4, 0.5) is 5.69 Å². The van der Waals surface area contributed by atoms with Gasteiger partial charge in [0, 0.05) is 0 Å². The summed E-state index contributed by atoms with van der Waals surface area (Å²) in [6, 6.07) is 15.1. The second-order valence-electron chi connectivity index (χ2n) is 6.20. The molecule has 4 rings (SSSR count). The van der Waals surface area contributed by atoms with Crippen molar-refractivity contribution in [1.82, 2.24) is 0 Å². The van der Waals surface area contributed by atoms with E-state index in [-0.39, 0.29) is 0 Å². The van der Waals surface area contributed by atoms with Gasteiger partial charge < -0.3 is 0 Å². The molecule has 0 bridgehead atoms. The number of para-hydroxylation sites is 1. The second kappa shape index (κ2) is 7.89. The monoisotopic (exact) mass is 443 g/mol. The number of rotatable bonds is 5. The Hall–Kier alpha value is -2.07. The normalized spacial score (nSPS) is 15.2. The van der Waals surface area contributed by atoms with Crippen LogP contribution in [0, 0.1) is 0 Å². The van der Waals surface area contributed by atoms with Gasteiger partial charge >= 0.3 is 171 Å². The van der Waals surface area contributed by atoms with Gasteiger partial charge in [-0.1, -0.05) is 0 Å². The molecule has 0 aliphatic carbocycles. The van der Waals surface area contributed by atoms with Gasteiger partial charge in [-0.15, -0.1) is 0 Å². The van der Waals surface area contributed by atoms with Crippen LogP contribution in [-0.2, 0) is 6.54 Å². The number of ether oxygens (including phenoxy) is 1. The van der Waals surface area contributed by atoms with Crippen molar-refractivity contribution in [3.8, 4) is 5.75 Å². The average molecular weight is 442 g/mol. The summed E-state index contributed by atoms with van der Waals surface area (Å²) < 4.78 is 11.9. The quantitative estimate of drug-likeness (QED) is 0.440. The van der Waals surface area contributed by atoms with Gasteiger partial charge in [0.15, 0.2) is 0 Å². The van der Waals surface area contributed by atoms with Crippen molar-refractivity contribution in [2.45, 2.75) is 20.4 Å². The van der Waals surface area contributed by atoms with Crippen LogP contribution in [0.2, 0.25) is 0 Å². The number of methoxy groups -OCH3 is 1. The van der Waals surface area contributed by atoms with Crippen molar-refractivity contribution in [2.24, 2.45) is 0 Å². The molecule has 3 nitrogen and oxygen atoms in total. The first-order chi connectivity index (χ1) is 13.2. The Bertz CT molecular complexity index is 1040. The summed E-state index contributed by atoms with van der Waals surface area (Å²) >= 11 is 2.19. The second-order valence-corrected chi connectivity index (χ2v) is 9.49. The Morgan fingerprint density at radius 1 is 1.19 bits per heavy atom. The van der Waals surface area contributed by atoms with Crippen molar-refractivity contribution in [3.05, 3.63) is 64.2 Å². The molecule has 3 aromatic rings. The van der Waals surface area contributed by atoms with Crippen molar-refractivity contribution >= 4 is 52.7 Å². The van der Waals surface area contributed by atoms with Gasteiger partial charge in [0.25, 0.3) is 0 Å². The molecular weight excluding hydrogens is 419 g/mol. The zero-order chi connectivity index (χ0) is 18.8. The van der Waals surface area contributed by atoms with E-state index in [1.807, 2.05) is 11.3 Å². The van der Waals surface area contributed by atoms with Gasteiger partial charge in [-0.25, -0.2) is 0 Å². The van der Waals surface area contributed by atoms with E-state index in [0.717, 1.165) is 18.8 Å². The summed E-state index contributed by atoms with van der Waals surface area (Å²) in [7, 11) is 1.73. The maximum absolute atomic E-state index is 5.41. The number of anilines is 1. The van der Waals surface area contributed by atoms with Crippen LogP contribution >= 0.6 is 11.3 Å². The van der Waals surface area contributed by atoms with Crippen LogP contribution < -0.4 is 18.7 Å². The van der Waals surface area contributed by atoms with Crippen LogP contribution in [0.3, 0.4) is 0 Å². The fraction of sp³-hybridized carbons (Fsp3) is 0.227. The summed E-state index contributed by atoms with van der Waals surface area (Å²) in [5, 5.41) is 1.29. The summed E-state index contributed by atoms with van der Waals surface area (Å²) in [5.41, 5.74) is 2.61. The Kier molecular flexibility index (Phi) is 5.35. The Morgan fingerprint density at radius 3 is 2.81 bits per heavy atom. The van der Waals surface area contributed by atoms with Gasteiger partial charge in [0.05, 0.1) is 0 Å². The molecule has 2 heterocycles. The Labute approximate surface area is 170 Å². The first-order valence-electron chi connectivity index (χ1n) is 9.18. The molecule has 0 spiro atoms. The van der Waals surface area contributed by atoms with Gasteiger partial charge in [0.1, 0.15) is 0 Å². The number of thiazole rings is 1. The van der Waals surface area contributed by atoms with E-state index in [9.17, 15) is 0 Å². The SMILES string of the molecule is CCN1/C(=C/C=C/c2sc3ccccc3[n+]2CC)[Se]c2ccc(OC)cc21. The third-order valence-electron chi connectivity index (χ3n) is 4.68. The molecule has 1 aliphatic heterocycles. The van der Waals surface area contributed by atoms with Crippen molar-refractivity contribution in [2.75, 3.05) is 18.6 Å². The molecular formula is C22H23N2OSSe+. The van der Waals surface area contributed by atoms with E-state index >= 15 is 0 Å². The van der Waals surface area contributed by atoms with Crippen molar-refractivity contribution in [1.29, 1.82) is 0 Å². The third-order valence-corrected chi connectivity index (χ3v) is 8.19. The average Bonchev–Trinajstić information content (AvgIpc) is 3.24. The molecule has 0 amide bonds. The molecule has 138 valence electrons. The molecule has 1 aromatic heterocycles. The molecule has 1 aliphatic rings. The summed E-state index contributed by atoms with van der Waals surface area (Å²) in [5.74, 6) is 0.925. The van der Waals surface area contributed by atoms with E-state index in [1.165, 1.54) is 30.0 Å². The maximum atomic E-state index is 5.41. The zero-order valence-corrected chi connectivity index (χ0v) is 18.3. The first-order valence-corrected chi connectivity index (χ1v) is 11.7. The fourth-order valence-corrected chi connectivity index (χ4v) is 6.86. The van der Waals surface area contributed by atoms with Gasteiger partial charge in [-0.2, -0.15) is 0 Å². The number of aryl methyl sites for hydroxylation is 1. The molecule has 0 saturated carbocycles. The number of benzene rings is 2. The van der Waals surface area contributed by atoms with E-state index in [4.69, 9.17) is 4.74 Å². The Morgan fingerprint density at radius 2 is 2.04 bits per heavy atom. The first kappa shape index (κ1) is 18.3. The molecule has 0 atom stereocenters. The van der Waals surface area contributed by atoms with Crippen LogP contribution in [0.25, 0.3) is 16.3 Å². The molecule has 5 heteroatoms. The number of aromatic nitrogens is 1. The van der Waals surface area contributed by atoms with Crippen LogP contribution in [0.5, 0.6) is 5.75 Å². The number of hydrogen-bond acceptors (Lipinski definition) is 3.